The van der Waals surface area contributed by atoms with Crippen LogP contribution in [0.25, 0.3) is 0 Å². The highest BCUT2D eigenvalue weighted by atomic mass is 32.2. The van der Waals surface area contributed by atoms with Gasteiger partial charge in [0.1, 0.15) is 12.3 Å². The molecule has 2 amide bonds. The Kier molecular flexibility index (Phi) is 5.28. The third-order valence-electron chi connectivity index (χ3n) is 4.46. The predicted octanol–water partition coefficient (Wildman–Crippen LogP) is 1.04. The molecule has 0 aromatic heterocycles. The summed E-state index contributed by atoms with van der Waals surface area (Å²) in [5.74, 6) is -0.852. The molecule has 0 radical (unpaired) electrons. The second-order valence-electron chi connectivity index (χ2n) is 6.54. The lowest BCUT2D eigenvalue weighted by molar-refractivity contribution is -0.125. The summed E-state index contributed by atoms with van der Waals surface area (Å²) in [6.07, 6.45) is 0.0376. The Morgan fingerprint density at radius 2 is 1.82 bits per heavy atom. The zero-order valence-electron chi connectivity index (χ0n) is 15.5. The molecule has 8 nitrogen and oxygen atoms in total. The molecule has 0 fully saturated rings. The Morgan fingerprint density at radius 3 is 2.46 bits per heavy atom. The van der Waals surface area contributed by atoms with Gasteiger partial charge >= 0.3 is 0 Å². The van der Waals surface area contributed by atoms with Crippen LogP contribution in [-0.2, 0) is 19.6 Å². The molecule has 1 unspecified atom stereocenters. The number of nitrogens with zero attached hydrogens (tertiary/aromatic N) is 2. The van der Waals surface area contributed by atoms with Gasteiger partial charge in [0.25, 0.3) is 5.91 Å². The molecule has 3 rings (SSSR count). The van der Waals surface area contributed by atoms with Gasteiger partial charge in [0, 0.05) is 0 Å². The molecule has 0 saturated carbocycles. The fourth-order valence-corrected chi connectivity index (χ4v) is 3.96. The largest absolute Gasteiger partial charge is 0.477 e. The highest BCUT2D eigenvalue weighted by molar-refractivity contribution is 7.92. The summed E-state index contributed by atoms with van der Waals surface area (Å²) in [5, 5.41) is 0. The summed E-state index contributed by atoms with van der Waals surface area (Å²) in [7, 11) is -3.72. The van der Waals surface area contributed by atoms with Crippen molar-refractivity contribution in [3.05, 3.63) is 54.1 Å². The molecule has 2 N–H and O–H groups in total. The Bertz CT molecular complexity index is 1020. The minimum atomic E-state index is -3.72. The first-order valence-corrected chi connectivity index (χ1v) is 10.4. The number of anilines is 2. The minimum absolute atomic E-state index is 0.0868. The number of carbonyl (C=O) groups is 2. The average Bonchev–Trinajstić information content (AvgIpc) is 2.64. The number of benzene rings is 2. The van der Waals surface area contributed by atoms with Crippen LogP contribution in [0.1, 0.15) is 5.56 Å². The van der Waals surface area contributed by atoms with Crippen molar-refractivity contribution in [2.45, 2.75) is 13.0 Å². The number of para-hydroxylation sites is 3. The highest BCUT2D eigenvalue weighted by Gasteiger charge is 2.34. The van der Waals surface area contributed by atoms with Gasteiger partial charge < -0.3 is 15.4 Å². The van der Waals surface area contributed by atoms with Gasteiger partial charge in [-0.2, -0.15) is 0 Å². The summed E-state index contributed by atoms with van der Waals surface area (Å²) >= 11 is 0. The number of nitrogens with two attached hydrogens (primary N) is 1. The van der Waals surface area contributed by atoms with Gasteiger partial charge in [-0.15, -0.1) is 0 Å². The third kappa shape index (κ3) is 3.94. The normalized spacial score (nSPS) is 16.1. The zero-order chi connectivity index (χ0) is 20.5. The van der Waals surface area contributed by atoms with Crippen LogP contribution in [0.3, 0.4) is 0 Å². The van der Waals surface area contributed by atoms with E-state index in [0.29, 0.717) is 17.1 Å². The van der Waals surface area contributed by atoms with E-state index in [1.807, 2.05) is 0 Å². The highest BCUT2D eigenvalue weighted by Crippen LogP contribution is 2.33. The van der Waals surface area contributed by atoms with Crippen molar-refractivity contribution >= 4 is 33.2 Å². The van der Waals surface area contributed by atoms with E-state index in [4.69, 9.17) is 10.5 Å². The summed E-state index contributed by atoms with van der Waals surface area (Å²) in [4.78, 5) is 26.1. The van der Waals surface area contributed by atoms with Gasteiger partial charge in [0.15, 0.2) is 6.10 Å². The van der Waals surface area contributed by atoms with E-state index in [0.717, 1.165) is 16.1 Å². The number of fused-ring (bicyclic) bond motifs is 1. The number of amides is 2. The van der Waals surface area contributed by atoms with Crippen LogP contribution in [0.4, 0.5) is 11.4 Å². The molecule has 0 spiro atoms. The molecular formula is C19H21N3O5S. The Hall–Kier alpha value is -3.07. The number of hydrogen-bond donors (Lipinski definition) is 1. The van der Waals surface area contributed by atoms with Gasteiger partial charge in [0.2, 0.25) is 15.9 Å². The lowest BCUT2D eigenvalue weighted by Crippen LogP contribution is -2.52. The molecular weight excluding hydrogens is 382 g/mol. The topological polar surface area (TPSA) is 110 Å². The Morgan fingerprint density at radius 1 is 1.18 bits per heavy atom. The van der Waals surface area contributed by atoms with E-state index in [2.05, 4.69) is 0 Å². The first kappa shape index (κ1) is 19.7. The predicted molar refractivity (Wildman–Crippen MR) is 106 cm³/mol. The van der Waals surface area contributed by atoms with E-state index >= 15 is 0 Å². The van der Waals surface area contributed by atoms with Gasteiger partial charge in [-0.05, 0) is 30.7 Å². The maximum atomic E-state index is 13.1. The zero-order valence-corrected chi connectivity index (χ0v) is 16.3. The maximum absolute atomic E-state index is 13.1. The number of ether oxygens (including phenoxy) is 1. The van der Waals surface area contributed by atoms with E-state index in [1.54, 1.807) is 55.5 Å². The molecule has 1 heterocycles. The van der Waals surface area contributed by atoms with Crippen molar-refractivity contribution in [3.8, 4) is 5.75 Å². The number of carbonyl (C=O) groups excluding carboxylic acids is 2. The second kappa shape index (κ2) is 7.51. The molecule has 2 aromatic carbocycles. The second-order valence-corrected chi connectivity index (χ2v) is 8.44. The molecule has 0 saturated heterocycles. The van der Waals surface area contributed by atoms with Crippen LogP contribution in [0.2, 0.25) is 0 Å². The van der Waals surface area contributed by atoms with Gasteiger partial charge in [0.05, 0.1) is 24.2 Å². The van der Waals surface area contributed by atoms with Crippen molar-refractivity contribution in [2.75, 3.05) is 28.6 Å². The Labute approximate surface area is 163 Å². The number of hydrogen-bond acceptors (Lipinski definition) is 5. The monoisotopic (exact) mass is 403 g/mol. The standard InChI is InChI=1S/C19H21N3O5S/c1-13-7-3-4-8-14(13)22(28(2,25)26)12-18(23)21-11-17(19(20)24)27-16-10-6-5-9-15(16)21/h3-10,17H,11-12H2,1-2H3,(H2,20,24). The fraction of sp³-hybridized carbons (Fsp3) is 0.263. The van der Waals surface area contributed by atoms with Crippen LogP contribution in [0, 0.1) is 6.92 Å². The number of rotatable bonds is 5. The SMILES string of the molecule is Cc1ccccc1N(CC(=O)N1CC(C(N)=O)Oc2ccccc21)S(C)(=O)=O. The van der Waals surface area contributed by atoms with E-state index in [1.165, 1.54) is 4.90 Å². The van der Waals surface area contributed by atoms with Crippen LogP contribution < -0.4 is 19.7 Å². The summed E-state index contributed by atoms with van der Waals surface area (Å²) in [6, 6.07) is 13.6. The number of primary amides is 1. The summed E-state index contributed by atoms with van der Waals surface area (Å²) in [6.45, 7) is 1.27. The van der Waals surface area contributed by atoms with Crippen LogP contribution in [0.15, 0.2) is 48.5 Å². The van der Waals surface area contributed by atoms with Gasteiger partial charge in [-0.3, -0.25) is 13.9 Å². The van der Waals surface area contributed by atoms with Crippen molar-refractivity contribution < 1.29 is 22.7 Å². The minimum Gasteiger partial charge on any atom is -0.477 e. The number of aryl methyl sites for hydroxylation is 1. The Balaban J connectivity index is 1.96. The van der Waals surface area contributed by atoms with Crippen LogP contribution in [0.5, 0.6) is 5.75 Å². The molecule has 1 aliphatic rings. The lowest BCUT2D eigenvalue weighted by atomic mass is 10.1. The fourth-order valence-electron chi connectivity index (χ4n) is 3.05. The van der Waals surface area contributed by atoms with E-state index in [-0.39, 0.29) is 6.54 Å². The maximum Gasteiger partial charge on any atom is 0.260 e. The van der Waals surface area contributed by atoms with Gasteiger partial charge in [-0.25, -0.2) is 8.42 Å². The molecule has 148 valence electrons. The third-order valence-corrected chi connectivity index (χ3v) is 5.58. The van der Waals surface area contributed by atoms with E-state index < -0.39 is 34.5 Å². The van der Waals surface area contributed by atoms with Gasteiger partial charge in [-0.1, -0.05) is 30.3 Å². The van der Waals surface area contributed by atoms with Crippen molar-refractivity contribution in [1.29, 1.82) is 0 Å². The molecule has 0 bridgehead atoms. The van der Waals surface area contributed by atoms with Crippen molar-refractivity contribution in [2.24, 2.45) is 5.73 Å². The quantitative estimate of drug-likeness (QED) is 0.802. The molecule has 28 heavy (non-hydrogen) atoms. The van der Waals surface area contributed by atoms with Crippen molar-refractivity contribution in [1.82, 2.24) is 0 Å². The van der Waals surface area contributed by atoms with Crippen LogP contribution in [-0.4, -0.2) is 45.7 Å². The average molecular weight is 403 g/mol. The molecule has 0 aliphatic carbocycles. The smallest absolute Gasteiger partial charge is 0.260 e. The first-order valence-electron chi connectivity index (χ1n) is 8.57. The number of sulfonamides is 1. The van der Waals surface area contributed by atoms with E-state index in [9.17, 15) is 18.0 Å². The lowest BCUT2D eigenvalue weighted by Gasteiger charge is -2.35. The van der Waals surface area contributed by atoms with Crippen molar-refractivity contribution in [3.63, 3.8) is 0 Å². The van der Waals surface area contributed by atoms with Crippen LogP contribution >= 0.6 is 0 Å². The molecule has 1 aliphatic heterocycles. The first-order chi connectivity index (χ1) is 13.2. The summed E-state index contributed by atoms with van der Waals surface area (Å²) < 4.78 is 31.4. The molecule has 2 aromatic rings. The molecule has 1 atom stereocenters. The molecule has 9 heteroatoms. The summed E-state index contributed by atoms with van der Waals surface area (Å²) in [5.41, 5.74) is 6.96.